The molecule has 0 unspecified atom stereocenters. The van der Waals surface area contributed by atoms with Gasteiger partial charge in [-0.25, -0.2) is 4.79 Å². The van der Waals surface area contributed by atoms with Crippen molar-refractivity contribution in [2.24, 2.45) is 0 Å². The number of thioether (sulfide) groups is 1. The van der Waals surface area contributed by atoms with Crippen LogP contribution in [0.2, 0.25) is 0 Å². The standard InChI is InChI=1S/C14H15N3O7S/c1-24-7-2-3-8(10(4-7)17(22)23)15-12(18)5-11-13(19)16-9(6-25-11)14(20)21/h2-4,9,11H,5-6H2,1H3,(H,15,18)(H,16,19)(H,20,21)/t9-,11-/m1/s1. The summed E-state index contributed by atoms with van der Waals surface area (Å²) in [7, 11) is 1.36. The second kappa shape index (κ2) is 7.83. The molecular weight excluding hydrogens is 354 g/mol. The number of nitro benzene ring substituents is 1. The van der Waals surface area contributed by atoms with Gasteiger partial charge in [-0.3, -0.25) is 19.7 Å². The van der Waals surface area contributed by atoms with Gasteiger partial charge in [0.1, 0.15) is 17.5 Å². The third-order valence-corrected chi connectivity index (χ3v) is 4.73. The van der Waals surface area contributed by atoms with E-state index in [0.29, 0.717) is 0 Å². The fourth-order valence-corrected chi connectivity index (χ4v) is 3.28. The van der Waals surface area contributed by atoms with Crippen LogP contribution in [0, 0.1) is 10.1 Å². The molecule has 0 aliphatic carbocycles. The summed E-state index contributed by atoms with van der Waals surface area (Å²) in [6, 6.07) is 2.99. The summed E-state index contributed by atoms with van der Waals surface area (Å²) < 4.78 is 4.91. The average Bonchev–Trinajstić information content (AvgIpc) is 2.56. The first-order chi connectivity index (χ1) is 11.8. The van der Waals surface area contributed by atoms with Crippen LogP contribution >= 0.6 is 11.8 Å². The largest absolute Gasteiger partial charge is 0.496 e. The number of hydrogen-bond donors (Lipinski definition) is 3. The lowest BCUT2D eigenvalue weighted by atomic mass is 10.2. The molecular formula is C14H15N3O7S. The molecule has 10 nitrogen and oxygen atoms in total. The number of aliphatic carboxylic acids is 1. The lowest BCUT2D eigenvalue weighted by Gasteiger charge is -2.25. The van der Waals surface area contributed by atoms with Crippen molar-refractivity contribution in [3.8, 4) is 5.75 Å². The van der Waals surface area contributed by atoms with Crippen molar-refractivity contribution in [2.75, 3.05) is 18.2 Å². The van der Waals surface area contributed by atoms with E-state index in [2.05, 4.69) is 10.6 Å². The summed E-state index contributed by atoms with van der Waals surface area (Å²) in [4.78, 5) is 45.2. The highest BCUT2D eigenvalue weighted by Gasteiger charge is 2.33. The monoisotopic (exact) mass is 369 g/mol. The number of nitrogens with one attached hydrogen (secondary N) is 2. The van der Waals surface area contributed by atoms with Gasteiger partial charge in [0.05, 0.1) is 23.3 Å². The predicted molar refractivity (Wildman–Crippen MR) is 88.7 cm³/mol. The number of carbonyl (C=O) groups excluding carboxylic acids is 2. The minimum atomic E-state index is -1.14. The first kappa shape index (κ1) is 18.5. The maximum atomic E-state index is 12.1. The molecule has 2 atom stereocenters. The van der Waals surface area contributed by atoms with E-state index in [1.807, 2.05) is 0 Å². The number of nitro groups is 1. The zero-order valence-corrected chi connectivity index (χ0v) is 13.9. The van der Waals surface area contributed by atoms with Crippen LogP contribution in [-0.2, 0) is 14.4 Å². The molecule has 1 fully saturated rings. The molecule has 25 heavy (non-hydrogen) atoms. The first-order valence-electron chi connectivity index (χ1n) is 7.09. The van der Waals surface area contributed by atoms with Crippen molar-refractivity contribution in [1.29, 1.82) is 0 Å². The predicted octanol–water partition coefficient (Wildman–Crippen LogP) is 0.617. The van der Waals surface area contributed by atoms with Crippen LogP contribution in [0.1, 0.15) is 6.42 Å². The van der Waals surface area contributed by atoms with Crippen LogP contribution in [0.4, 0.5) is 11.4 Å². The van der Waals surface area contributed by atoms with Crippen LogP contribution in [0.25, 0.3) is 0 Å². The number of methoxy groups -OCH3 is 1. The van der Waals surface area contributed by atoms with Gasteiger partial charge >= 0.3 is 5.97 Å². The smallest absolute Gasteiger partial charge is 0.327 e. The van der Waals surface area contributed by atoms with Crippen LogP contribution in [-0.4, -0.2) is 52.0 Å². The molecule has 1 saturated heterocycles. The Balaban J connectivity index is 2.02. The number of carboxylic acids is 1. The van der Waals surface area contributed by atoms with E-state index in [1.54, 1.807) is 0 Å². The highest BCUT2D eigenvalue weighted by Crippen LogP contribution is 2.29. The quantitative estimate of drug-likeness (QED) is 0.488. The fourth-order valence-electron chi connectivity index (χ4n) is 2.14. The number of ether oxygens (including phenoxy) is 1. The number of carbonyl (C=O) groups is 3. The highest BCUT2D eigenvalue weighted by atomic mass is 32.2. The van der Waals surface area contributed by atoms with Crippen molar-refractivity contribution in [1.82, 2.24) is 5.32 Å². The number of anilines is 1. The van der Waals surface area contributed by atoms with Crippen LogP contribution in [0.15, 0.2) is 18.2 Å². The van der Waals surface area contributed by atoms with Gasteiger partial charge in [0, 0.05) is 12.2 Å². The summed E-state index contributed by atoms with van der Waals surface area (Å²) in [5.41, 5.74) is -0.347. The Kier molecular flexibility index (Phi) is 5.80. The van der Waals surface area contributed by atoms with Crippen LogP contribution < -0.4 is 15.4 Å². The summed E-state index contributed by atoms with van der Waals surface area (Å²) in [5, 5.41) is 23.9. The van der Waals surface area contributed by atoms with Crippen LogP contribution in [0.3, 0.4) is 0 Å². The third kappa shape index (κ3) is 4.59. The summed E-state index contributed by atoms with van der Waals surface area (Å²) in [6.07, 6.45) is -0.230. The van der Waals surface area contributed by atoms with Crippen molar-refractivity contribution < 1.29 is 29.2 Å². The minimum absolute atomic E-state index is 0.0135. The zero-order chi connectivity index (χ0) is 18.6. The van der Waals surface area contributed by atoms with Gasteiger partial charge in [-0.2, -0.15) is 0 Å². The summed E-state index contributed by atoms with van der Waals surface area (Å²) in [5.74, 6) is -1.87. The number of nitrogens with zero attached hydrogens (tertiary/aromatic N) is 1. The maximum absolute atomic E-state index is 12.1. The Labute approximate surface area is 146 Å². The molecule has 2 amide bonds. The molecule has 1 aliphatic rings. The molecule has 1 aromatic rings. The molecule has 1 heterocycles. The maximum Gasteiger partial charge on any atom is 0.327 e. The number of benzene rings is 1. The second-order valence-electron chi connectivity index (χ2n) is 5.11. The Morgan fingerprint density at radius 2 is 2.24 bits per heavy atom. The molecule has 0 radical (unpaired) electrons. The molecule has 3 N–H and O–H groups in total. The first-order valence-corrected chi connectivity index (χ1v) is 8.13. The van der Waals surface area contributed by atoms with Crippen molar-refractivity contribution in [3.63, 3.8) is 0 Å². The van der Waals surface area contributed by atoms with Crippen LogP contribution in [0.5, 0.6) is 5.75 Å². The summed E-state index contributed by atoms with van der Waals surface area (Å²) >= 11 is 1.06. The third-order valence-electron chi connectivity index (χ3n) is 3.42. The Morgan fingerprint density at radius 1 is 1.52 bits per heavy atom. The Hall–Kier alpha value is -2.82. The molecule has 134 valence electrons. The van der Waals surface area contributed by atoms with E-state index < -0.39 is 34.0 Å². The lowest BCUT2D eigenvalue weighted by molar-refractivity contribution is -0.384. The summed E-state index contributed by atoms with van der Waals surface area (Å²) in [6.45, 7) is 0. The number of rotatable bonds is 6. The SMILES string of the molecule is COc1ccc(NC(=O)C[C@H]2SC[C@H](C(=O)O)NC2=O)c([N+](=O)[O-])c1. The van der Waals surface area contributed by atoms with E-state index in [0.717, 1.165) is 11.8 Å². The normalized spacial score (nSPS) is 19.6. The molecule has 1 aliphatic heterocycles. The van der Waals surface area contributed by atoms with Crippen molar-refractivity contribution >= 4 is 40.9 Å². The second-order valence-corrected chi connectivity index (χ2v) is 6.35. The number of carboxylic acid groups (broad SMARTS) is 1. The van der Waals surface area contributed by atoms with E-state index in [4.69, 9.17) is 9.84 Å². The molecule has 2 rings (SSSR count). The Bertz CT molecular complexity index is 724. The molecule has 0 spiro atoms. The topological polar surface area (TPSA) is 148 Å². The molecule has 0 aromatic heterocycles. The van der Waals surface area contributed by atoms with E-state index in [-0.39, 0.29) is 29.3 Å². The van der Waals surface area contributed by atoms with Crippen molar-refractivity contribution in [3.05, 3.63) is 28.3 Å². The fraction of sp³-hybridized carbons (Fsp3) is 0.357. The molecule has 11 heteroatoms. The van der Waals surface area contributed by atoms with Crippen molar-refractivity contribution in [2.45, 2.75) is 17.7 Å². The van der Waals surface area contributed by atoms with Gasteiger partial charge < -0.3 is 20.5 Å². The van der Waals surface area contributed by atoms with Gasteiger partial charge in [0.2, 0.25) is 11.8 Å². The van der Waals surface area contributed by atoms with Gasteiger partial charge in [-0.1, -0.05) is 0 Å². The van der Waals surface area contributed by atoms with E-state index in [9.17, 15) is 24.5 Å². The van der Waals surface area contributed by atoms with Gasteiger partial charge in [-0.05, 0) is 12.1 Å². The van der Waals surface area contributed by atoms with Gasteiger partial charge in [-0.15, -0.1) is 11.8 Å². The zero-order valence-electron chi connectivity index (χ0n) is 13.1. The highest BCUT2D eigenvalue weighted by molar-refractivity contribution is 8.00. The van der Waals surface area contributed by atoms with E-state index >= 15 is 0 Å². The van der Waals surface area contributed by atoms with E-state index in [1.165, 1.54) is 25.3 Å². The Morgan fingerprint density at radius 3 is 2.80 bits per heavy atom. The lowest BCUT2D eigenvalue weighted by Crippen LogP contribution is -2.51. The van der Waals surface area contributed by atoms with Gasteiger partial charge in [0.15, 0.2) is 0 Å². The molecule has 0 bridgehead atoms. The molecule has 0 saturated carbocycles. The number of amides is 2. The average molecular weight is 369 g/mol. The molecule has 1 aromatic carbocycles. The number of hydrogen-bond acceptors (Lipinski definition) is 7. The van der Waals surface area contributed by atoms with Gasteiger partial charge in [0.25, 0.3) is 5.69 Å². The minimum Gasteiger partial charge on any atom is -0.496 e.